The summed E-state index contributed by atoms with van der Waals surface area (Å²) in [6, 6.07) is 15.1. The molecule has 6 rings (SSSR count). The maximum atomic E-state index is 14.9. The number of phenols is 2. The van der Waals surface area contributed by atoms with Gasteiger partial charge in [-0.05, 0) is 85.1 Å². The van der Waals surface area contributed by atoms with Crippen molar-refractivity contribution >= 4 is 29.3 Å². The lowest BCUT2D eigenvalue weighted by atomic mass is 9.75. The van der Waals surface area contributed by atoms with E-state index in [0.29, 0.717) is 4.90 Å². The minimum Gasteiger partial charge on any atom is -0.508 e. The Bertz CT molecular complexity index is 2030. The average Bonchev–Trinajstić information content (AvgIpc) is 3.42. The van der Waals surface area contributed by atoms with Crippen molar-refractivity contribution in [2.45, 2.75) is 25.4 Å². The van der Waals surface area contributed by atoms with Crippen molar-refractivity contribution in [3.63, 3.8) is 0 Å². The number of halogens is 3. The van der Waals surface area contributed by atoms with Gasteiger partial charge >= 0.3 is 6.18 Å². The zero-order chi connectivity index (χ0) is 34.0. The number of phenolic OH excluding ortho intramolecular Hbond substituents is 2. The summed E-state index contributed by atoms with van der Waals surface area (Å²) in [4.78, 5) is 53.4. The van der Waals surface area contributed by atoms with E-state index < -0.39 is 35.2 Å². The topological polar surface area (TPSA) is 124 Å². The number of anilines is 1. The Morgan fingerprint density at radius 2 is 1.20 bits per heavy atom. The highest BCUT2D eigenvalue weighted by atomic mass is 19.4. The largest absolute Gasteiger partial charge is 0.508 e. The predicted molar refractivity (Wildman–Crippen MR) is 154 cm³/mol. The van der Waals surface area contributed by atoms with Crippen molar-refractivity contribution < 1.29 is 47.3 Å². The molecule has 0 saturated heterocycles. The third-order valence-corrected chi connectivity index (χ3v) is 8.25. The molecule has 4 aromatic carbocycles. The fraction of sp³-hybridized carbons (Fsp3) is 0.152. The van der Waals surface area contributed by atoms with Crippen molar-refractivity contribution in [2.75, 3.05) is 11.9 Å². The number of hydrogen-bond acceptors (Lipinski definition) is 7. The molecule has 9 nitrogen and oxygen atoms in total. The second-order valence-electron chi connectivity index (χ2n) is 10.9. The van der Waals surface area contributed by atoms with Crippen molar-refractivity contribution in [2.24, 2.45) is 0 Å². The van der Waals surface area contributed by atoms with Gasteiger partial charge in [-0.1, -0.05) is 18.2 Å². The summed E-state index contributed by atoms with van der Waals surface area (Å²) in [5.74, 6) is -2.73. The highest BCUT2D eigenvalue weighted by molar-refractivity contribution is 6.35. The van der Waals surface area contributed by atoms with Crippen LogP contribution >= 0.6 is 0 Å². The van der Waals surface area contributed by atoms with Crippen LogP contribution in [0.1, 0.15) is 65.0 Å². The molecule has 0 spiro atoms. The van der Waals surface area contributed by atoms with Crippen LogP contribution in [0.2, 0.25) is 0 Å². The molecule has 12 heteroatoms. The van der Waals surface area contributed by atoms with Crippen LogP contribution in [0.3, 0.4) is 0 Å². The van der Waals surface area contributed by atoms with Crippen LogP contribution in [-0.2, 0) is 5.41 Å². The van der Waals surface area contributed by atoms with E-state index in [4.69, 9.17) is 7.60 Å². The summed E-state index contributed by atoms with van der Waals surface area (Å²) >= 11 is 0. The number of rotatable bonds is 7. The van der Waals surface area contributed by atoms with Crippen LogP contribution in [0.4, 0.5) is 18.9 Å². The van der Waals surface area contributed by atoms with E-state index >= 15 is 0 Å². The number of carbonyl (C=O) groups is 4. The van der Waals surface area contributed by atoms with Gasteiger partial charge in [-0.15, -0.1) is 0 Å². The third-order valence-electron chi connectivity index (χ3n) is 8.25. The number of hydrogen-bond donors (Lipinski definition) is 2. The van der Waals surface area contributed by atoms with Gasteiger partial charge in [0.15, 0.2) is 0 Å². The molecule has 45 heavy (non-hydrogen) atoms. The lowest BCUT2D eigenvalue weighted by Gasteiger charge is -2.34. The number of aryl methyl sites for hydroxylation is 1. The van der Waals surface area contributed by atoms with Crippen LogP contribution < -0.4 is 9.64 Å². The van der Waals surface area contributed by atoms with Gasteiger partial charge in [-0.25, -0.2) is 4.90 Å². The maximum Gasteiger partial charge on any atom is 0.402 e. The summed E-state index contributed by atoms with van der Waals surface area (Å²) in [6.45, 7) is 2.43. The standard InChI is InChI=1S/C33H23F3N2O7/c1-16-12-17(4-10-26(16)39)32(2,33(34,35)36)18-5-11-27(40)25(13-18)38-30(43)22-9-7-20(15-24(22)31(38)44)45-19-6-8-21-23(14-19)29(42)37(3)28(21)41/h4-15,39-40H,1-3H3/i/hD2. The van der Waals surface area contributed by atoms with Gasteiger partial charge in [0.05, 0.1) is 27.9 Å². The monoisotopic (exact) mass is 618 g/mol. The van der Waals surface area contributed by atoms with E-state index in [-0.39, 0.29) is 67.6 Å². The molecule has 2 N–H and O–H groups in total. The fourth-order valence-corrected chi connectivity index (χ4v) is 5.50. The molecule has 0 radical (unpaired) electrons. The van der Waals surface area contributed by atoms with E-state index in [2.05, 4.69) is 10.2 Å². The summed E-state index contributed by atoms with van der Waals surface area (Å²) in [6.07, 6.45) is -4.87. The van der Waals surface area contributed by atoms with Crippen molar-refractivity contribution in [1.82, 2.24) is 4.90 Å². The first-order chi connectivity index (χ1) is 22.2. The Hall–Kier alpha value is -5.65. The molecular weight excluding hydrogens is 593 g/mol. The molecule has 0 aromatic heterocycles. The van der Waals surface area contributed by atoms with E-state index in [1.807, 2.05) is 0 Å². The van der Waals surface area contributed by atoms with Gasteiger partial charge in [0, 0.05) is 7.05 Å². The SMILES string of the molecule is [2H]Oc1ccc(C(C)(c2ccc(O[2H])c(N3C(=O)c4ccc(Oc5ccc6c(c5)C(=O)N(C)C6=O)cc4C3=O)c2)C(F)(F)F)cc1C. The summed E-state index contributed by atoms with van der Waals surface area (Å²) in [5.41, 5.74) is -3.15. The average molecular weight is 619 g/mol. The molecule has 0 bridgehead atoms. The predicted octanol–water partition coefficient (Wildman–Crippen LogP) is 6.09. The van der Waals surface area contributed by atoms with Gasteiger partial charge in [-0.2, -0.15) is 13.2 Å². The molecule has 0 aliphatic carbocycles. The first kappa shape index (κ1) is 26.9. The van der Waals surface area contributed by atoms with Gasteiger partial charge in [-0.3, -0.25) is 24.1 Å². The van der Waals surface area contributed by atoms with Crippen molar-refractivity contribution in [3.8, 4) is 23.0 Å². The number of ether oxygens (including phenoxy) is 1. The highest BCUT2D eigenvalue weighted by Crippen LogP contribution is 2.49. The normalized spacial score (nSPS) is 16.2. The molecule has 0 saturated carbocycles. The third kappa shape index (κ3) is 4.40. The lowest BCUT2D eigenvalue weighted by Crippen LogP contribution is -2.41. The first-order valence-electron chi connectivity index (χ1n) is 14.3. The Morgan fingerprint density at radius 1 is 0.689 bits per heavy atom. The Balaban J connectivity index is 1.37. The molecular formula is C33H23F3N2O7. The molecule has 4 aromatic rings. The highest BCUT2D eigenvalue weighted by Gasteiger charge is 2.54. The Labute approximate surface area is 256 Å². The number of amides is 4. The lowest BCUT2D eigenvalue weighted by molar-refractivity contribution is -0.173. The zero-order valence-electron chi connectivity index (χ0n) is 25.8. The Kier molecular flexibility index (Phi) is 5.95. The van der Waals surface area contributed by atoms with Gasteiger partial charge in [0.1, 0.15) is 28.4 Å². The second-order valence-corrected chi connectivity index (χ2v) is 10.9. The molecule has 2 heterocycles. The summed E-state index contributed by atoms with van der Waals surface area (Å²) < 4.78 is 65.1. The molecule has 0 fully saturated rings. The van der Waals surface area contributed by atoms with E-state index in [1.54, 1.807) is 0 Å². The number of carbonyl (C=O) groups excluding carboxylic acids is 4. The quantitative estimate of drug-likeness (QED) is 0.240. The van der Waals surface area contributed by atoms with Crippen LogP contribution in [0.25, 0.3) is 0 Å². The van der Waals surface area contributed by atoms with Crippen LogP contribution in [0.15, 0.2) is 72.8 Å². The molecule has 2 aliphatic heterocycles. The number of nitrogens with zero attached hydrogens (tertiary/aromatic N) is 2. The number of fused-ring (bicyclic) bond motifs is 2. The van der Waals surface area contributed by atoms with E-state index in [1.165, 1.54) is 68.6 Å². The van der Waals surface area contributed by atoms with E-state index in [0.717, 1.165) is 30.0 Å². The van der Waals surface area contributed by atoms with E-state index in [9.17, 15) is 32.3 Å². The minimum absolute atomic E-state index is 0.0682. The van der Waals surface area contributed by atoms with Crippen molar-refractivity contribution in [3.05, 3.63) is 112 Å². The smallest absolute Gasteiger partial charge is 0.402 e. The van der Waals surface area contributed by atoms with Gasteiger partial charge < -0.3 is 15.0 Å². The van der Waals surface area contributed by atoms with Crippen LogP contribution in [0, 0.1) is 6.92 Å². The van der Waals surface area contributed by atoms with Gasteiger partial charge in [0.25, 0.3) is 26.5 Å². The zero-order valence-corrected chi connectivity index (χ0v) is 23.8. The molecule has 1 unspecified atom stereocenters. The molecule has 4 amide bonds. The summed E-state index contributed by atoms with van der Waals surface area (Å²) in [5, 5.41) is 9.09. The number of aromatic hydroxyl groups is 2. The fourth-order valence-electron chi connectivity index (χ4n) is 5.50. The molecule has 2 aliphatic rings. The second kappa shape index (κ2) is 9.94. The van der Waals surface area contributed by atoms with Crippen LogP contribution in [-0.4, -0.2) is 54.8 Å². The number of imide groups is 2. The molecule has 228 valence electrons. The summed E-state index contributed by atoms with van der Waals surface area (Å²) in [7, 11) is 1.35. The Morgan fingerprint density at radius 3 is 1.78 bits per heavy atom. The van der Waals surface area contributed by atoms with Crippen molar-refractivity contribution in [1.29, 1.82) is 2.86 Å². The molecule has 1 atom stereocenters. The minimum atomic E-state index is -4.87. The van der Waals surface area contributed by atoms with Crippen LogP contribution in [0.5, 0.6) is 23.0 Å². The number of benzene rings is 4. The maximum absolute atomic E-state index is 14.9. The number of alkyl halides is 3. The van der Waals surface area contributed by atoms with Gasteiger partial charge in [0.2, 0.25) is 0 Å². The first-order valence-corrected chi connectivity index (χ1v) is 13.5.